The minimum Gasteiger partial charge on any atom is -0.494 e. The highest BCUT2D eigenvalue weighted by atomic mass is 32.2. The van der Waals surface area contributed by atoms with E-state index in [1.165, 1.54) is 16.7 Å². The molecule has 2 unspecified atom stereocenters. The Hall–Kier alpha value is -1.34. The molecule has 1 N–H and O–H groups in total. The van der Waals surface area contributed by atoms with Gasteiger partial charge in [-0.2, -0.15) is 12.6 Å². The predicted octanol–water partition coefficient (Wildman–Crippen LogP) is 2.68. The zero-order chi connectivity index (χ0) is 17.0. The van der Waals surface area contributed by atoms with Crippen LogP contribution < -0.4 is 4.74 Å². The van der Waals surface area contributed by atoms with Gasteiger partial charge in [-0.3, -0.25) is 4.79 Å². The van der Waals surface area contributed by atoms with Crippen molar-refractivity contribution in [1.29, 1.82) is 0 Å². The average molecular weight is 355 g/mol. The number of hydrogen-bond donors (Lipinski definition) is 2. The molecule has 1 aliphatic rings. The predicted molar refractivity (Wildman–Crippen MR) is 94.1 cm³/mol. The van der Waals surface area contributed by atoms with Crippen molar-refractivity contribution >= 4 is 36.3 Å². The summed E-state index contributed by atoms with van der Waals surface area (Å²) in [5.41, 5.74) is 0.905. The number of thioether (sulfide) groups is 1. The van der Waals surface area contributed by atoms with Crippen LogP contribution in [0, 0.1) is 5.92 Å². The number of carbonyl (C=O) groups excluding carboxylic acids is 1. The van der Waals surface area contributed by atoms with Crippen molar-refractivity contribution in [2.24, 2.45) is 5.92 Å². The summed E-state index contributed by atoms with van der Waals surface area (Å²) in [4.78, 5) is 25.6. The van der Waals surface area contributed by atoms with E-state index >= 15 is 0 Å². The van der Waals surface area contributed by atoms with E-state index in [4.69, 9.17) is 4.74 Å². The molecule has 1 aromatic rings. The molecule has 126 valence electrons. The molecule has 0 aliphatic carbocycles. The number of nitrogens with zero attached hydrogens (tertiary/aromatic N) is 1. The zero-order valence-electron chi connectivity index (χ0n) is 13.1. The Morgan fingerprint density at radius 3 is 2.61 bits per heavy atom. The average Bonchev–Trinajstić information content (AvgIpc) is 2.99. The molecule has 0 spiro atoms. The summed E-state index contributed by atoms with van der Waals surface area (Å²) in [6.45, 7) is 4.27. The molecule has 2 rings (SSSR count). The van der Waals surface area contributed by atoms with E-state index in [0.29, 0.717) is 18.1 Å². The number of amides is 1. The highest BCUT2D eigenvalue weighted by Crippen LogP contribution is 2.42. The van der Waals surface area contributed by atoms with E-state index in [2.05, 4.69) is 12.6 Å². The van der Waals surface area contributed by atoms with Crippen LogP contribution in [0.15, 0.2) is 24.3 Å². The van der Waals surface area contributed by atoms with Gasteiger partial charge in [0, 0.05) is 17.4 Å². The van der Waals surface area contributed by atoms with E-state index < -0.39 is 12.0 Å². The van der Waals surface area contributed by atoms with Crippen molar-refractivity contribution in [3.63, 3.8) is 0 Å². The first-order valence-electron chi connectivity index (χ1n) is 7.49. The Balaban J connectivity index is 2.28. The Morgan fingerprint density at radius 1 is 1.43 bits per heavy atom. The molecular weight excluding hydrogens is 334 g/mol. The molecule has 3 atom stereocenters. The van der Waals surface area contributed by atoms with Crippen LogP contribution in [0.5, 0.6) is 5.75 Å². The maximum absolute atomic E-state index is 12.6. The third-order valence-corrected chi connectivity index (χ3v) is 5.58. The van der Waals surface area contributed by atoms with Gasteiger partial charge in [0.15, 0.2) is 0 Å². The molecule has 5 nitrogen and oxygen atoms in total. The first-order chi connectivity index (χ1) is 11.0. The molecule has 0 aromatic heterocycles. The number of benzene rings is 1. The Bertz CT molecular complexity index is 564. The van der Waals surface area contributed by atoms with E-state index in [1.807, 2.05) is 31.2 Å². The van der Waals surface area contributed by atoms with Gasteiger partial charge in [-0.05, 0) is 24.6 Å². The molecule has 1 fully saturated rings. The third kappa shape index (κ3) is 3.95. The summed E-state index contributed by atoms with van der Waals surface area (Å²) in [5.74, 6) is 0.0854. The Labute approximate surface area is 145 Å². The summed E-state index contributed by atoms with van der Waals surface area (Å²) in [5, 5.41) is 9.13. The monoisotopic (exact) mass is 355 g/mol. The molecule has 1 aromatic carbocycles. The van der Waals surface area contributed by atoms with Gasteiger partial charge in [-0.25, -0.2) is 4.79 Å². The van der Waals surface area contributed by atoms with Crippen molar-refractivity contribution in [2.45, 2.75) is 25.3 Å². The van der Waals surface area contributed by atoms with Gasteiger partial charge in [0.05, 0.1) is 6.61 Å². The van der Waals surface area contributed by atoms with Crippen LogP contribution in [0.2, 0.25) is 0 Å². The lowest BCUT2D eigenvalue weighted by atomic mass is 10.1. The molecule has 0 bridgehead atoms. The summed E-state index contributed by atoms with van der Waals surface area (Å²) < 4.78 is 5.42. The van der Waals surface area contributed by atoms with Gasteiger partial charge in [0.25, 0.3) is 0 Å². The first-order valence-corrected chi connectivity index (χ1v) is 9.17. The van der Waals surface area contributed by atoms with Gasteiger partial charge in [-0.15, -0.1) is 11.8 Å². The molecule has 1 heterocycles. The highest BCUT2D eigenvalue weighted by molar-refractivity contribution is 7.99. The van der Waals surface area contributed by atoms with Gasteiger partial charge < -0.3 is 14.7 Å². The SMILES string of the molecule is CCOc1ccc(C2SC[C@@H](C(=O)O)N2C(=O)C(C)CS)cc1. The summed E-state index contributed by atoms with van der Waals surface area (Å²) in [7, 11) is 0. The second kappa shape index (κ2) is 7.97. The summed E-state index contributed by atoms with van der Waals surface area (Å²) >= 11 is 5.64. The van der Waals surface area contributed by atoms with E-state index in [1.54, 1.807) is 6.92 Å². The van der Waals surface area contributed by atoms with Crippen LogP contribution in [-0.4, -0.2) is 46.0 Å². The van der Waals surface area contributed by atoms with Crippen LogP contribution in [0.25, 0.3) is 0 Å². The highest BCUT2D eigenvalue weighted by Gasteiger charge is 2.43. The quantitative estimate of drug-likeness (QED) is 0.768. The number of ether oxygens (including phenoxy) is 1. The lowest BCUT2D eigenvalue weighted by molar-refractivity contribution is -0.150. The molecule has 1 amide bonds. The lowest BCUT2D eigenvalue weighted by Gasteiger charge is -2.29. The van der Waals surface area contributed by atoms with Crippen molar-refractivity contribution < 1.29 is 19.4 Å². The second-order valence-electron chi connectivity index (χ2n) is 5.37. The van der Waals surface area contributed by atoms with E-state index in [0.717, 1.165) is 11.3 Å². The number of carboxylic acid groups (broad SMARTS) is 1. The van der Waals surface area contributed by atoms with E-state index in [-0.39, 0.29) is 17.2 Å². The van der Waals surface area contributed by atoms with Crippen molar-refractivity contribution in [1.82, 2.24) is 4.90 Å². The summed E-state index contributed by atoms with van der Waals surface area (Å²) in [6, 6.07) is 6.67. The minimum absolute atomic E-state index is 0.170. The molecule has 1 aliphatic heterocycles. The van der Waals surface area contributed by atoms with Gasteiger partial charge in [0.1, 0.15) is 17.2 Å². The van der Waals surface area contributed by atoms with Crippen LogP contribution >= 0.6 is 24.4 Å². The van der Waals surface area contributed by atoms with E-state index in [9.17, 15) is 14.7 Å². The number of rotatable bonds is 6. The minimum atomic E-state index is -0.967. The van der Waals surface area contributed by atoms with Crippen LogP contribution in [0.1, 0.15) is 24.8 Å². The lowest BCUT2D eigenvalue weighted by Crippen LogP contribution is -2.45. The number of aliphatic carboxylic acids is 1. The normalized spacial score (nSPS) is 22.0. The molecule has 23 heavy (non-hydrogen) atoms. The fourth-order valence-electron chi connectivity index (χ4n) is 2.45. The maximum atomic E-state index is 12.6. The van der Waals surface area contributed by atoms with Crippen LogP contribution in [0.3, 0.4) is 0 Å². The van der Waals surface area contributed by atoms with Gasteiger partial charge in [-0.1, -0.05) is 19.1 Å². The third-order valence-electron chi connectivity index (χ3n) is 3.71. The topological polar surface area (TPSA) is 66.8 Å². The van der Waals surface area contributed by atoms with Crippen molar-refractivity contribution in [2.75, 3.05) is 18.1 Å². The Morgan fingerprint density at radius 2 is 2.09 bits per heavy atom. The van der Waals surface area contributed by atoms with Gasteiger partial charge >= 0.3 is 5.97 Å². The molecular formula is C16H21NO4S2. The molecule has 0 radical (unpaired) electrons. The number of hydrogen-bond acceptors (Lipinski definition) is 5. The maximum Gasteiger partial charge on any atom is 0.327 e. The number of thiol groups is 1. The number of carboxylic acids is 1. The Kier molecular flexibility index (Phi) is 6.24. The fraction of sp³-hybridized carbons (Fsp3) is 0.500. The second-order valence-corrected chi connectivity index (χ2v) is 6.85. The number of carbonyl (C=O) groups is 2. The van der Waals surface area contributed by atoms with Crippen LogP contribution in [0.4, 0.5) is 0 Å². The first kappa shape index (κ1) is 18.0. The largest absolute Gasteiger partial charge is 0.494 e. The summed E-state index contributed by atoms with van der Waals surface area (Å²) in [6.07, 6.45) is 0. The standard InChI is InChI=1S/C16H21NO4S2/c1-3-21-12-6-4-11(5-7-12)15-17(14(18)10(2)8-22)13(9-23-15)16(19)20/h4-7,10,13,15,22H,3,8-9H2,1-2H3,(H,19,20)/t10?,13-,15?/m0/s1. The van der Waals surface area contributed by atoms with Gasteiger partial charge in [0.2, 0.25) is 5.91 Å². The molecule has 1 saturated heterocycles. The smallest absolute Gasteiger partial charge is 0.327 e. The molecule has 7 heteroatoms. The van der Waals surface area contributed by atoms with Crippen molar-refractivity contribution in [3.8, 4) is 5.75 Å². The molecule has 0 saturated carbocycles. The van der Waals surface area contributed by atoms with Crippen molar-refractivity contribution in [3.05, 3.63) is 29.8 Å². The zero-order valence-corrected chi connectivity index (χ0v) is 14.8. The van der Waals surface area contributed by atoms with Crippen LogP contribution in [-0.2, 0) is 9.59 Å². The fourth-order valence-corrected chi connectivity index (χ4v) is 4.04.